The highest BCUT2D eigenvalue weighted by atomic mass is 32.2. The van der Waals surface area contributed by atoms with Crippen molar-refractivity contribution in [1.29, 1.82) is 5.26 Å². The lowest BCUT2D eigenvalue weighted by Gasteiger charge is -2.15. The number of rotatable bonds is 4. The molecule has 29 heavy (non-hydrogen) atoms. The maximum atomic E-state index is 14.5. The number of aldehydes is 1. The molecular weight excluding hydrogens is 414 g/mol. The summed E-state index contributed by atoms with van der Waals surface area (Å²) in [5.74, 6) is -1.16. The molecule has 2 aromatic rings. The lowest BCUT2D eigenvalue weighted by molar-refractivity contribution is -0.144. The van der Waals surface area contributed by atoms with Crippen LogP contribution in [0, 0.1) is 17.1 Å². The van der Waals surface area contributed by atoms with Gasteiger partial charge in [0.2, 0.25) is 0 Å². The Morgan fingerprint density at radius 1 is 1.21 bits per heavy atom. The Morgan fingerprint density at radius 2 is 1.83 bits per heavy atom. The van der Waals surface area contributed by atoms with Crippen LogP contribution in [0.2, 0.25) is 0 Å². The zero-order valence-corrected chi connectivity index (χ0v) is 16.1. The van der Waals surface area contributed by atoms with Crippen LogP contribution in [0.4, 0.5) is 17.6 Å². The van der Waals surface area contributed by atoms with E-state index in [0.29, 0.717) is 11.9 Å². The highest BCUT2D eigenvalue weighted by molar-refractivity contribution is 8.04. The normalized spacial score (nSPS) is 11.1. The molecule has 0 saturated heterocycles. The molecule has 0 N–H and O–H groups in total. The molecule has 0 aliphatic rings. The number of hydrogen-bond donors (Lipinski definition) is 0. The second kappa shape index (κ2) is 8.08. The predicted octanol–water partition coefficient (Wildman–Crippen LogP) is 3.15. The molecule has 152 valence electrons. The summed E-state index contributed by atoms with van der Waals surface area (Å²) in [7, 11) is 0.798. The van der Waals surface area contributed by atoms with Gasteiger partial charge in [0.1, 0.15) is 17.6 Å². The van der Waals surface area contributed by atoms with Gasteiger partial charge in [-0.2, -0.15) is 18.4 Å². The van der Waals surface area contributed by atoms with E-state index in [4.69, 9.17) is 0 Å². The molecule has 1 heterocycles. The van der Waals surface area contributed by atoms with Crippen LogP contribution >= 0.6 is 11.8 Å². The summed E-state index contributed by atoms with van der Waals surface area (Å²) in [5.41, 5.74) is -4.50. The quantitative estimate of drug-likeness (QED) is 0.324. The Morgan fingerprint density at radius 3 is 2.31 bits per heavy atom. The summed E-state index contributed by atoms with van der Waals surface area (Å²) >= 11 is 0.807. The third-order valence-corrected chi connectivity index (χ3v) is 5.12. The van der Waals surface area contributed by atoms with Crippen LogP contribution in [0.15, 0.2) is 43.2 Å². The zero-order valence-electron chi connectivity index (χ0n) is 15.3. The van der Waals surface area contributed by atoms with Crippen LogP contribution in [0.1, 0.15) is 25.1 Å². The number of thioether (sulfide) groups is 1. The monoisotopic (exact) mass is 427 g/mol. The molecule has 2 rings (SSSR count). The van der Waals surface area contributed by atoms with Gasteiger partial charge in [-0.25, -0.2) is 13.8 Å². The summed E-state index contributed by atoms with van der Waals surface area (Å²) < 4.78 is 53.9. The maximum Gasteiger partial charge on any atom is 0.431 e. The Hall–Kier alpha value is -3.13. The van der Waals surface area contributed by atoms with Crippen LogP contribution in [-0.2, 0) is 18.0 Å². The fraction of sp³-hybridized carbons (Fsp3) is 0.222. The fourth-order valence-corrected chi connectivity index (χ4v) is 3.24. The molecule has 1 aromatic carbocycles. The van der Waals surface area contributed by atoms with Crippen molar-refractivity contribution < 1.29 is 22.4 Å². The smallest absolute Gasteiger partial charge is 0.297 e. The number of hydrogen-bond acceptors (Lipinski definition) is 5. The first-order chi connectivity index (χ1) is 13.4. The van der Waals surface area contributed by atoms with E-state index >= 15 is 0 Å². The highest BCUT2D eigenvalue weighted by Gasteiger charge is 2.35. The van der Waals surface area contributed by atoms with Crippen molar-refractivity contribution in [3.05, 3.63) is 66.6 Å². The first kappa shape index (κ1) is 22.2. The Balaban J connectivity index is 2.82. The molecular formula is C18H13F4N3O3S. The van der Waals surface area contributed by atoms with E-state index in [1.165, 1.54) is 0 Å². The maximum absolute atomic E-state index is 14.5. The summed E-state index contributed by atoms with van der Waals surface area (Å²) in [6.07, 6.45) is -4.44. The summed E-state index contributed by atoms with van der Waals surface area (Å²) in [6.45, 7) is 3.26. The van der Waals surface area contributed by atoms with E-state index in [-0.39, 0.29) is 30.6 Å². The Kier molecular flexibility index (Phi) is 6.18. The van der Waals surface area contributed by atoms with Gasteiger partial charge in [-0.15, -0.1) is 0 Å². The molecule has 0 amide bonds. The van der Waals surface area contributed by atoms with Crippen molar-refractivity contribution in [3.8, 4) is 11.8 Å². The zero-order chi connectivity index (χ0) is 22.1. The van der Waals surface area contributed by atoms with Gasteiger partial charge in [-0.3, -0.25) is 14.2 Å². The van der Waals surface area contributed by atoms with Gasteiger partial charge in [0.15, 0.2) is 6.29 Å². The number of benzene rings is 1. The molecule has 0 fully saturated rings. The molecule has 0 bridgehead atoms. The number of halogens is 4. The van der Waals surface area contributed by atoms with E-state index < -0.39 is 34.6 Å². The number of carbonyl (C=O) groups is 1. The average Bonchev–Trinajstić information content (AvgIpc) is 2.63. The third-order valence-electron chi connectivity index (χ3n) is 3.84. The number of alkyl halides is 3. The van der Waals surface area contributed by atoms with Crippen LogP contribution < -0.4 is 11.2 Å². The summed E-state index contributed by atoms with van der Waals surface area (Å²) in [4.78, 5) is 36.1. The molecule has 6 nitrogen and oxygen atoms in total. The number of aromatic nitrogens is 2. The van der Waals surface area contributed by atoms with Gasteiger partial charge in [0.05, 0.1) is 16.2 Å². The van der Waals surface area contributed by atoms with Gasteiger partial charge in [0, 0.05) is 18.0 Å². The second-order valence-electron chi connectivity index (χ2n) is 6.04. The SMILES string of the molecule is CC(C)=C(C=O)Sc1cc(-n2c(=O)cc(C(F)(F)F)n(C)c2=O)c(F)cc1C#N. The Bertz CT molecular complexity index is 1180. The molecule has 0 radical (unpaired) electrons. The van der Waals surface area contributed by atoms with Crippen LogP contribution in [0.5, 0.6) is 0 Å². The lowest BCUT2D eigenvalue weighted by Crippen LogP contribution is -2.41. The molecule has 1 aromatic heterocycles. The van der Waals surface area contributed by atoms with Crippen LogP contribution in [0.3, 0.4) is 0 Å². The van der Waals surface area contributed by atoms with Gasteiger partial charge < -0.3 is 0 Å². The van der Waals surface area contributed by atoms with E-state index in [1.54, 1.807) is 19.9 Å². The minimum Gasteiger partial charge on any atom is -0.297 e. The Labute approximate surface area is 165 Å². The van der Waals surface area contributed by atoms with Crippen molar-refractivity contribution in [2.24, 2.45) is 7.05 Å². The number of carbonyl (C=O) groups excluding carboxylic acids is 1. The van der Waals surface area contributed by atoms with E-state index in [1.807, 2.05) is 0 Å². The largest absolute Gasteiger partial charge is 0.431 e. The topological polar surface area (TPSA) is 84.9 Å². The van der Waals surface area contributed by atoms with Crippen molar-refractivity contribution >= 4 is 18.0 Å². The lowest BCUT2D eigenvalue weighted by atomic mass is 10.2. The van der Waals surface area contributed by atoms with E-state index in [2.05, 4.69) is 0 Å². The number of allylic oxidation sites excluding steroid dienone is 2. The van der Waals surface area contributed by atoms with Crippen LogP contribution in [0.25, 0.3) is 5.69 Å². The molecule has 11 heteroatoms. The van der Waals surface area contributed by atoms with Gasteiger partial charge >= 0.3 is 11.9 Å². The van der Waals surface area contributed by atoms with Crippen molar-refractivity contribution in [2.45, 2.75) is 24.9 Å². The minimum atomic E-state index is -4.96. The molecule has 0 unspecified atom stereocenters. The van der Waals surface area contributed by atoms with Crippen LogP contribution in [-0.4, -0.2) is 15.4 Å². The first-order valence-electron chi connectivity index (χ1n) is 7.87. The van der Waals surface area contributed by atoms with Gasteiger partial charge in [-0.1, -0.05) is 17.3 Å². The first-order valence-corrected chi connectivity index (χ1v) is 8.68. The predicted molar refractivity (Wildman–Crippen MR) is 97.3 cm³/mol. The van der Waals surface area contributed by atoms with Gasteiger partial charge in [0.25, 0.3) is 5.56 Å². The standard InChI is InChI=1S/C18H13F4N3O3S/c1-9(2)14(8-26)29-13-5-12(11(19)4-10(13)7-23)25-16(27)6-15(18(20,21)22)24(3)17(25)28/h4-6,8H,1-3H3. The molecule has 0 saturated carbocycles. The summed E-state index contributed by atoms with van der Waals surface area (Å²) in [5, 5.41) is 9.21. The van der Waals surface area contributed by atoms with Gasteiger partial charge in [-0.05, 0) is 26.0 Å². The number of nitrogens with zero attached hydrogens (tertiary/aromatic N) is 3. The molecule has 0 spiro atoms. The van der Waals surface area contributed by atoms with Crippen molar-refractivity contribution in [2.75, 3.05) is 0 Å². The van der Waals surface area contributed by atoms with E-state index in [9.17, 15) is 37.2 Å². The molecule has 0 aliphatic carbocycles. The third kappa shape index (κ3) is 4.32. The summed E-state index contributed by atoms with van der Waals surface area (Å²) in [6, 6.07) is 3.63. The fourth-order valence-electron chi connectivity index (χ4n) is 2.37. The molecule has 0 aliphatic heterocycles. The van der Waals surface area contributed by atoms with Crippen molar-refractivity contribution in [3.63, 3.8) is 0 Å². The average molecular weight is 427 g/mol. The molecule has 0 atom stereocenters. The van der Waals surface area contributed by atoms with Crippen molar-refractivity contribution in [1.82, 2.24) is 9.13 Å². The van der Waals surface area contributed by atoms with E-state index in [0.717, 1.165) is 30.9 Å². The minimum absolute atomic E-state index is 0.0565. The number of nitriles is 1. The second-order valence-corrected chi connectivity index (χ2v) is 7.12. The highest BCUT2D eigenvalue weighted by Crippen LogP contribution is 2.33.